The molecule has 7 nitrogen and oxygen atoms in total. The number of carbonyl (C=O) groups excluding carboxylic acids is 2. The second kappa shape index (κ2) is 12.7. The molecule has 37 heavy (non-hydrogen) atoms. The SMILES string of the molecule is CCNC(=O)[C@H](C)N(CCc1ccccc1)C(=O)CN(c1ccc(C)cc1)S(=O)(=O)c1ccc(Cl)cc1. The Labute approximate surface area is 224 Å². The molecule has 2 amide bonds. The highest BCUT2D eigenvalue weighted by Gasteiger charge is 2.32. The number of benzene rings is 3. The van der Waals surface area contributed by atoms with Crippen LogP contribution in [0.4, 0.5) is 5.69 Å². The molecule has 0 aromatic heterocycles. The van der Waals surface area contributed by atoms with E-state index in [-0.39, 0.29) is 17.3 Å². The molecule has 9 heteroatoms. The van der Waals surface area contributed by atoms with Gasteiger partial charge in [-0.15, -0.1) is 0 Å². The van der Waals surface area contributed by atoms with Gasteiger partial charge in [-0.3, -0.25) is 13.9 Å². The van der Waals surface area contributed by atoms with Gasteiger partial charge in [-0.05, 0) is 69.2 Å². The Balaban J connectivity index is 1.96. The monoisotopic (exact) mass is 541 g/mol. The second-order valence-corrected chi connectivity index (χ2v) is 11.0. The third-order valence-corrected chi connectivity index (χ3v) is 8.05. The van der Waals surface area contributed by atoms with Gasteiger partial charge in [-0.2, -0.15) is 0 Å². The maximum atomic E-state index is 13.7. The number of hydrogen-bond acceptors (Lipinski definition) is 4. The average Bonchev–Trinajstić information content (AvgIpc) is 2.89. The van der Waals surface area contributed by atoms with Crippen LogP contribution in [0.2, 0.25) is 5.02 Å². The molecule has 3 aromatic rings. The maximum Gasteiger partial charge on any atom is 0.264 e. The minimum atomic E-state index is -4.11. The lowest BCUT2D eigenvalue weighted by Gasteiger charge is -2.32. The Hall–Kier alpha value is -3.36. The Morgan fingerprint density at radius 3 is 2.16 bits per heavy atom. The molecule has 1 atom stereocenters. The molecule has 0 unspecified atom stereocenters. The fourth-order valence-corrected chi connectivity index (χ4v) is 5.41. The molecular formula is C28H32ClN3O4S. The van der Waals surface area contributed by atoms with Gasteiger partial charge in [-0.1, -0.05) is 59.6 Å². The van der Waals surface area contributed by atoms with E-state index in [2.05, 4.69) is 5.32 Å². The van der Waals surface area contributed by atoms with Crippen molar-refractivity contribution in [1.29, 1.82) is 0 Å². The maximum absolute atomic E-state index is 13.7. The summed E-state index contributed by atoms with van der Waals surface area (Å²) in [6.07, 6.45) is 0.519. The first-order valence-corrected chi connectivity index (χ1v) is 13.9. The summed E-state index contributed by atoms with van der Waals surface area (Å²) in [5, 5.41) is 3.16. The van der Waals surface area contributed by atoms with Gasteiger partial charge in [-0.25, -0.2) is 8.42 Å². The zero-order chi connectivity index (χ0) is 27.0. The van der Waals surface area contributed by atoms with Crippen LogP contribution in [0.3, 0.4) is 0 Å². The van der Waals surface area contributed by atoms with Gasteiger partial charge in [0.1, 0.15) is 12.6 Å². The average molecular weight is 542 g/mol. The van der Waals surface area contributed by atoms with Crippen molar-refractivity contribution in [3.63, 3.8) is 0 Å². The summed E-state index contributed by atoms with van der Waals surface area (Å²) in [5.74, 6) is -0.779. The van der Waals surface area contributed by atoms with Crippen LogP contribution in [0.15, 0.2) is 83.8 Å². The van der Waals surface area contributed by atoms with E-state index in [0.717, 1.165) is 15.4 Å². The predicted molar refractivity (Wildman–Crippen MR) is 147 cm³/mol. The Kier molecular flexibility index (Phi) is 9.72. The molecule has 0 aliphatic rings. The first-order chi connectivity index (χ1) is 17.6. The van der Waals surface area contributed by atoms with Crippen molar-refractivity contribution in [2.24, 2.45) is 0 Å². The molecule has 0 fully saturated rings. The highest BCUT2D eigenvalue weighted by Crippen LogP contribution is 2.25. The normalized spacial score (nSPS) is 12.0. The van der Waals surface area contributed by atoms with Crippen LogP contribution < -0.4 is 9.62 Å². The summed E-state index contributed by atoms with van der Waals surface area (Å²) in [7, 11) is -4.11. The van der Waals surface area contributed by atoms with Gasteiger partial charge in [0.15, 0.2) is 0 Å². The minimum Gasteiger partial charge on any atom is -0.355 e. The molecule has 0 aliphatic heterocycles. The van der Waals surface area contributed by atoms with E-state index in [1.165, 1.54) is 29.2 Å². The predicted octanol–water partition coefficient (Wildman–Crippen LogP) is 4.44. The fourth-order valence-electron chi connectivity index (χ4n) is 3.87. The van der Waals surface area contributed by atoms with E-state index in [4.69, 9.17) is 11.6 Å². The van der Waals surface area contributed by atoms with Gasteiger partial charge in [0, 0.05) is 18.1 Å². The minimum absolute atomic E-state index is 0.0119. The third kappa shape index (κ3) is 7.33. The van der Waals surface area contributed by atoms with Crippen LogP contribution in [0.5, 0.6) is 0 Å². The molecule has 0 saturated carbocycles. The number of carbonyl (C=O) groups is 2. The number of likely N-dealkylation sites (N-methyl/N-ethyl adjacent to an activating group) is 1. The van der Waals surface area contributed by atoms with Gasteiger partial charge in [0.25, 0.3) is 10.0 Å². The van der Waals surface area contributed by atoms with E-state index < -0.39 is 28.5 Å². The Bertz CT molecular complexity index is 1300. The van der Waals surface area contributed by atoms with Crippen molar-refractivity contribution in [2.45, 2.75) is 38.1 Å². The number of nitrogens with one attached hydrogen (secondary N) is 1. The van der Waals surface area contributed by atoms with Crippen LogP contribution >= 0.6 is 11.6 Å². The number of rotatable bonds is 11. The summed E-state index contributed by atoms with van der Waals surface area (Å²) in [6, 6.07) is 21.5. The smallest absolute Gasteiger partial charge is 0.264 e. The van der Waals surface area contributed by atoms with E-state index in [1.54, 1.807) is 38.1 Å². The zero-order valence-electron chi connectivity index (χ0n) is 21.2. The van der Waals surface area contributed by atoms with Crippen LogP contribution in [-0.2, 0) is 26.0 Å². The lowest BCUT2D eigenvalue weighted by Crippen LogP contribution is -2.52. The fraction of sp³-hybridized carbons (Fsp3) is 0.286. The van der Waals surface area contributed by atoms with E-state index in [9.17, 15) is 18.0 Å². The van der Waals surface area contributed by atoms with Crippen LogP contribution in [0, 0.1) is 6.92 Å². The summed E-state index contributed by atoms with van der Waals surface area (Å²) in [5.41, 5.74) is 2.31. The zero-order valence-corrected chi connectivity index (χ0v) is 22.8. The van der Waals surface area contributed by atoms with Crippen LogP contribution in [0.1, 0.15) is 25.0 Å². The number of halogens is 1. The van der Waals surface area contributed by atoms with Crippen LogP contribution in [-0.4, -0.2) is 50.8 Å². The number of hydrogen-bond donors (Lipinski definition) is 1. The van der Waals surface area contributed by atoms with E-state index >= 15 is 0 Å². The number of sulfonamides is 1. The van der Waals surface area contributed by atoms with Gasteiger partial charge >= 0.3 is 0 Å². The van der Waals surface area contributed by atoms with Crippen molar-refractivity contribution < 1.29 is 18.0 Å². The molecule has 1 N–H and O–H groups in total. The van der Waals surface area contributed by atoms with Gasteiger partial charge in [0.05, 0.1) is 10.6 Å². The molecule has 0 saturated heterocycles. The number of anilines is 1. The van der Waals surface area contributed by atoms with Crippen LogP contribution in [0.25, 0.3) is 0 Å². The topological polar surface area (TPSA) is 86.8 Å². The van der Waals surface area contributed by atoms with Crippen molar-refractivity contribution >= 4 is 39.1 Å². The summed E-state index contributed by atoms with van der Waals surface area (Å²) < 4.78 is 28.5. The lowest BCUT2D eigenvalue weighted by molar-refractivity contribution is -0.138. The van der Waals surface area contributed by atoms with E-state index in [0.29, 0.717) is 23.7 Å². The summed E-state index contributed by atoms with van der Waals surface area (Å²) in [4.78, 5) is 27.9. The first kappa shape index (κ1) is 28.2. The van der Waals surface area contributed by atoms with Crippen molar-refractivity contribution in [2.75, 3.05) is 23.9 Å². The molecule has 196 valence electrons. The molecule has 0 bridgehead atoms. The lowest BCUT2D eigenvalue weighted by atomic mass is 10.1. The number of nitrogens with zero attached hydrogens (tertiary/aromatic N) is 2. The third-order valence-electron chi connectivity index (χ3n) is 6.00. The molecule has 0 radical (unpaired) electrons. The summed E-state index contributed by atoms with van der Waals surface area (Å²) in [6.45, 7) is 5.56. The highest BCUT2D eigenvalue weighted by atomic mass is 35.5. The molecule has 3 rings (SSSR count). The largest absolute Gasteiger partial charge is 0.355 e. The Morgan fingerprint density at radius 2 is 1.57 bits per heavy atom. The first-order valence-electron chi connectivity index (χ1n) is 12.1. The summed E-state index contributed by atoms with van der Waals surface area (Å²) >= 11 is 5.97. The highest BCUT2D eigenvalue weighted by molar-refractivity contribution is 7.92. The Morgan fingerprint density at radius 1 is 0.946 bits per heavy atom. The van der Waals surface area contributed by atoms with Gasteiger partial charge < -0.3 is 10.2 Å². The van der Waals surface area contributed by atoms with E-state index in [1.807, 2.05) is 37.3 Å². The molecule has 0 heterocycles. The molecule has 0 spiro atoms. The molecule has 3 aromatic carbocycles. The number of aryl methyl sites for hydroxylation is 1. The van der Waals surface area contributed by atoms with Gasteiger partial charge in [0.2, 0.25) is 11.8 Å². The second-order valence-electron chi connectivity index (χ2n) is 8.69. The molecular weight excluding hydrogens is 510 g/mol. The van der Waals surface area contributed by atoms with Crippen molar-refractivity contribution in [3.8, 4) is 0 Å². The number of amides is 2. The quantitative estimate of drug-likeness (QED) is 0.389. The molecule has 0 aliphatic carbocycles. The standard InChI is InChI=1S/C28H32ClN3O4S/c1-4-30-28(34)22(3)31(19-18-23-8-6-5-7-9-23)27(33)20-32(25-14-10-21(2)11-15-25)37(35,36)26-16-12-24(29)13-17-26/h5-17,22H,4,18-20H2,1-3H3,(H,30,34)/t22-/m0/s1. The van der Waals surface area contributed by atoms with Crippen molar-refractivity contribution in [3.05, 3.63) is 95.0 Å². The van der Waals surface area contributed by atoms with Crippen molar-refractivity contribution in [1.82, 2.24) is 10.2 Å².